The van der Waals surface area contributed by atoms with Gasteiger partial charge in [-0.15, -0.1) is 0 Å². The molecule has 11 heteroatoms. The minimum Gasteiger partial charge on any atom is -0.465 e. The zero-order chi connectivity index (χ0) is 21.5. The summed E-state index contributed by atoms with van der Waals surface area (Å²) in [6, 6.07) is 13.4. The first-order valence-corrected chi connectivity index (χ1v) is 9.56. The molecule has 0 amide bonds. The van der Waals surface area contributed by atoms with Crippen LogP contribution in [0.15, 0.2) is 53.3 Å². The number of tetrazole rings is 1. The van der Waals surface area contributed by atoms with Gasteiger partial charge in [0.25, 0.3) is 5.56 Å². The molecule has 0 spiro atoms. The van der Waals surface area contributed by atoms with E-state index in [0.717, 1.165) is 11.1 Å². The molecule has 0 aliphatic carbocycles. The Morgan fingerprint density at radius 1 is 1.13 bits per heavy atom. The maximum atomic E-state index is 12.7. The molecule has 5 rings (SSSR count). The van der Waals surface area contributed by atoms with E-state index in [0.29, 0.717) is 33.5 Å². The Labute approximate surface area is 179 Å². The number of fused-ring (bicyclic) bond motifs is 2. The second-order valence-corrected chi connectivity index (χ2v) is 7.22. The fourth-order valence-corrected chi connectivity index (χ4v) is 3.72. The smallest absolute Gasteiger partial charge is 0.337 e. The summed E-state index contributed by atoms with van der Waals surface area (Å²) in [5.74, 6) is -0.131. The van der Waals surface area contributed by atoms with E-state index >= 15 is 0 Å². The van der Waals surface area contributed by atoms with Crippen molar-refractivity contribution in [3.63, 3.8) is 0 Å². The van der Waals surface area contributed by atoms with Crippen molar-refractivity contribution in [3.8, 4) is 11.3 Å². The average molecular weight is 436 g/mol. The Hall–Kier alpha value is -4.05. The van der Waals surface area contributed by atoms with Gasteiger partial charge in [0.05, 0.1) is 18.4 Å². The van der Waals surface area contributed by atoms with E-state index in [4.69, 9.17) is 16.3 Å². The summed E-state index contributed by atoms with van der Waals surface area (Å²) in [5.41, 5.74) is 2.94. The van der Waals surface area contributed by atoms with E-state index in [1.807, 2.05) is 12.1 Å². The quantitative estimate of drug-likeness (QED) is 0.414. The number of carbonyl (C=O) groups excluding carboxylic acids is 1. The lowest BCUT2D eigenvalue weighted by atomic mass is 9.92. The van der Waals surface area contributed by atoms with Crippen LogP contribution in [0.4, 0.5) is 11.6 Å². The molecule has 1 atom stereocenters. The number of halogens is 1. The highest BCUT2D eigenvalue weighted by molar-refractivity contribution is 6.30. The second kappa shape index (κ2) is 7.33. The lowest BCUT2D eigenvalue weighted by Gasteiger charge is -2.27. The van der Waals surface area contributed by atoms with Crippen molar-refractivity contribution < 1.29 is 9.53 Å². The maximum absolute atomic E-state index is 12.7. The van der Waals surface area contributed by atoms with Gasteiger partial charge < -0.3 is 10.1 Å². The highest BCUT2D eigenvalue weighted by Crippen LogP contribution is 2.41. The van der Waals surface area contributed by atoms with Crippen molar-refractivity contribution in [1.29, 1.82) is 0 Å². The van der Waals surface area contributed by atoms with Gasteiger partial charge in [0, 0.05) is 16.1 Å². The zero-order valence-electron chi connectivity index (χ0n) is 16.0. The van der Waals surface area contributed by atoms with Crippen molar-refractivity contribution in [1.82, 2.24) is 30.4 Å². The lowest BCUT2D eigenvalue weighted by molar-refractivity contribution is 0.0600. The van der Waals surface area contributed by atoms with E-state index in [1.165, 1.54) is 7.11 Å². The summed E-state index contributed by atoms with van der Waals surface area (Å²) in [7, 11) is 1.32. The largest absolute Gasteiger partial charge is 0.465 e. The number of esters is 1. The third kappa shape index (κ3) is 3.13. The summed E-state index contributed by atoms with van der Waals surface area (Å²) < 4.78 is 6.34. The molecule has 0 saturated carbocycles. The van der Waals surface area contributed by atoms with Crippen LogP contribution in [0.2, 0.25) is 5.02 Å². The molecule has 154 valence electrons. The summed E-state index contributed by atoms with van der Waals surface area (Å²) in [6.07, 6.45) is 0. The molecule has 0 fully saturated rings. The average Bonchev–Trinajstić information content (AvgIpc) is 3.27. The number of H-pyrrole nitrogens is 1. The van der Waals surface area contributed by atoms with E-state index in [9.17, 15) is 9.59 Å². The minimum absolute atomic E-state index is 0.296. The van der Waals surface area contributed by atoms with Crippen LogP contribution in [0, 0.1) is 0 Å². The van der Waals surface area contributed by atoms with Crippen LogP contribution in [0.5, 0.6) is 0 Å². The first-order valence-electron chi connectivity index (χ1n) is 9.18. The first-order chi connectivity index (χ1) is 15.1. The van der Waals surface area contributed by atoms with Gasteiger partial charge >= 0.3 is 5.97 Å². The van der Waals surface area contributed by atoms with Gasteiger partial charge in [0.1, 0.15) is 11.7 Å². The molecule has 10 nitrogen and oxygen atoms in total. The Morgan fingerprint density at radius 2 is 1.87 bits per heavy atom. The number of aromatic nitrogens is 6. The molecule has 2 N–H and O–H groups in total. The minimum atomic E-state index is -0.562. The van der Waals surface area contributed by atoms with Crippen molar-refractivity contribution in [2.75, 3.05) is 12.4 Å². The standard InChI is InChI=1S/C20H14ClN7O3/c1-31-19(30)12-4-2-11(3-5-12)17-14-15(10-6-8-13(21)9-7-10)23-24-18(29)16(14)22-20-25-26-27-28(17)20/h2-9,17H,1H3,(H,24,29)(H,22,25,27)/t17-/m1/s1. The van der Waals surface area contributed by atoms with E-state index in [-0.39, 0.29) is 0 Å². The third-order valence-corrected chi connectivity index (χ3v) is 5.29. The van der Waals surface area contributed by atoms with Crippen molar-refractivity contribution in [2.24, 2.45) is 0 Å². The molecule has 31 heavy (non-hydrogen) atoms. The number of aromatic amines is 1. The van der Waals surface area contributed by atoms with Gasteiger partial charge in [-0.25, -0.2) is 9.89 Å². The number of carbonyl (C=O) groups is 1. The summed E-state index contributed by atoms with van der Waals surface area (Å²) in [6.45, 7) is 0. The molecule has 3 heterocycles. The van der Waals surface area contributed by atoms with Crippen LogP contribution in [-0.2, 0) is 4.74 Å². The summed E-state index contributed by atoms with van der Waals surface area (Å²) >= 11 is 6.04. The van der Waals surface area contributed by atoms with E-state index < -0.39 is 17.6 Å². The van der Waals surface area contributed by atoms with Gasteiger partial charge in [-0.3, -0.25) is 4.79 Å². The molecule has 2 aromatic carbocycles. The normalized spacial score (nSPS) is 14.3. The predicted octanol–water partition coefficient (Wildman–Crippen LogP) is 2.56. The number of nitrogens with zero attached hydrogens (tertiary/aromatic N) is 5. The molecule has 0 bridgehead atoms. The van der Waals surface area contributed by atoms with Crippen LogP contribution in [0.25, 0.3) is 11.3 Å². The monoisotopic (exact) mass is 435 g/mol. The summed E-state index contributed by atoms with van der Waals surface area (Å²) in [5, 5.41) is 22.2. The molecule has 0 saturated heterocycles. The van der Waals surface area contributed by atoms with E-state index in [1.54, 1.807) is 41.1 Å². The van der Waals surface area contributed by atoms with Gasteiger partial charge in [-0.1, -0.05) is 41.0 Å². The fraction of sp³-hybridized carbons (Fsp3) is 0.100. The second-order valence-electron chi connectivity index (χ2n) is 6.79. The third-order valence-electron chi connectivity index (χ3n) is 5.03. The number of methoxy groups -OCH3 is 1. The van der Waals surface area contributed by atoms with Crippen LogP contribution < -0.4 is 10.9 Å². The van der Waals surface area contributed by atoms with E-state index in [2.05, 4.69) is 31.0 Å². The number of anilines is 2. The molecule has 4 aromatic rings. The SMILES string of the molecule is COC(=O)c1ccc([C@@H]2c3c(-c4ccc(Cl)cc4)n[nH]c(=O)c3Nc3nnnn32)cc1. The number of rotatable bonds is 3. The lowest BCUT2D eigenvalue weighted by Crippen LogP contribution is -2.29. The maximum Gasteiger partial charge on any atom is 0.337 e. The van der Waals surface area contributed by atoms with Crippen molar-refractivity contribution >= 4 is 29.2 Å². The van der Waals surface area contributed by atoms with Crippen molar-refractivity contribution in [3.05, 3.63) is 80.6 Å². The number of hydrogen-bond donors (Lipinski definition) is 2. The Bertz CT molecular complexity index is 1350. The number of ether oxygens (including phenoxy) is 1. The first kappa shape index (κ1) is 18.9. The molecule has 1 aliphatic heterocycles. The summed E-state index contributed by atoms with van der Waals surface area (Å²) in [4.78, 5) is 24.5. The number of hydrogen-bond acceptors (Lipinski definition) is 8. The topological polar surface area (TPSA) is 128 Å². The fourth-order valence-electron chi connectivity index (χ4n) is 3.59. The molecule has 2 aromatic heterocycles. The van der Waals surface area contributed by atoms with Crippen LogP contribution in [0.1, 0.15) is 27.5 Å². The Morgan fingerprint density at radius 3 is 2.58 bits per heavy atom. The molecular weight excluding hydrogens is 422 g/mol. The molecular formula is C20H14ClN7O3. The molecule has 1 aliphatic rings. The van der Waals surface area contributed by atoms with Crippen LogP contribution >= 0.6 is 11.6 Å². The predicted molar refractivity (Wildman–Crippen MR) is 111 cm³/mol. The van der Waals surface area contributed by atoms with Gasteiger partial charge in [0.2, 0.25) is 5.95 Å². The Kier molecular flexibility index (Phi) is 4.48. The van der Waals surface area contributed by atoms with Crippen LogP contribution in [-0.4, -0.2) is 43.5 Å². The highest BCUT2D eigenvalue weighted by atomic mass is 35.5. The van der Waals surface area contributed by atoms with Crippen molar-refractivity contribution in [2.45, 2.75) is 6.04 Å². The number of nitrogens with one attached hydrogen (secondary N) is 2. The number of benzene rings is 2. The van der Waals surface area contributed by atoms with Gasteiger partial charge in [-0.2, -0.15) is 9.78 Å². The highest BCUT2D eigenvalue weighted by Gasteiger charge is 2.34. The van der Waals surface area contributed by atoms with Gasteiger partial charge in [-0.05, 0) is 40.3 Å². The Balaban J connectivity index is 1.74. The van der Waals surface area contributed by atoms with Crippen LogP contribution in [0.3, 0.4) is 0 Å². The van der Waals surface area contributed by atoms with Gasteiger partial charge in [0.15, 0.2) is 0 Å². The zero-order valence-corrected chi connectivity index (χ0v) is 16.8. The molecule has 0 unspecified atom stereocenters. The molecule has 0 radical (unpaired) electrons.